The SMILES string of the molecule is CN1C2CCC1CC(Sc1cc3c(cc1Cl)[nH]c(=O)n3C)C2. The number of nitrogens with zero attached hydrogens (tertiary/aromatic N) is 2. The zero-order chi connectivity index (χ0) is 15.4. The summed E-state index contributed by atoms with van der Waals surface area (Å²) >= 11 is 8.32. The Balaban J connectivity index is 1.63. The lowest BCUT2D eigenvalue weighted by Crippen LogP contribution is -2.40. The maximum Gasteiger partial charge on any atom is 0.326 e. The van der Waals surface area contributed by atoms with Gasteiger partial charge in [-0.05, 0) is 44.9 Å². The van der Waals surface area contributed by atoms with E-state index in [1.54, 1.807) is 11.6 Å². The van der Waals surface area contributed by atoms with Crippen molar-refractivity contribution >= 4 is 34.4 Å². The molecule has 1 aromatic carbocycles. The van der Waals surface area contributed by atoms with Crippen LogP contribution in [0.5, 0.6) is 0 Å². The molecule has 6 heteroatoms. The molecular formula is C16H20ClN3OS. The second-order valence-corrected chi connectivity index (χ2v) is 8.30. The Morgan fingerprint density at radius 2 is 1.91 bits per heavy atom. The van der Waals surface area contributed by atoms with E-state index in [-0.39, 0.29) is 5.69 Å². The van der Waals surface area contributed by atoms with Crippen LogP contribution in [0.4, 0.5) is 0 Å². The van der Waals surface area contributed by atoms with Gasteiger partial charge in [0.15, 0.2) is 0 Å². The van der Waals surface area contributed by atoms with Gasteiger partial charge in [0.05, 0.1) is 16.1 Å². The van der Waals surface area contributed by atoms with Gasteiger partial charge in [0.25, 0.3) is 0 Å². The zero-order valence-corrected chi connectivity index (χ0v) is 14.4. The van der Waals surface area contributed by atoms with E-state index in [1.165, 1.54) is 25.7 Å². The molecule has 4 rings (SSSR count). The van der Waals surface area contributed by atoms with E-state index in [1.807, 2.05) is 17.8 Å². The van der Waals surface area contributed by atoms with Crippen molar-refractivity contribution in [2.45, 2.75) is 47.9 Å². The highest BCUT2D eigenvalue weighted by Gasteiger charge is 2.38. The van der Waals surface area contributed by atoms with Crippen LogP contribution in [-0.2, 0) is 7.05 Å². The van der Waals surface area contributed by atoms with Gasteiger partial charge in [0.1, 0.15) is 0 Å². The molecule has 2 saturated heterocycles. The third-order valence-corrected chi connectivity index (χ3v) is 7.04. The van der Waals surface area contributed by atoms with E-state index in [0.29, 0.717) is 5.25 Å². The number of hydrogen-bond donors (Lipinski definition) is 1. The fraction of sp³-hybridized carbons (Fsp3) is 0.562. The number of aryl methyl sites for hydroxylation is 1. The third-order valence-electron chi connectivity index (χ3n) is 5.31. The highest BCUT2D eigenvalue weighted by atomic mass is 35.5. The lowest BCUT2D eigenvalue weighted by Gasteiger charge is -2.36. The standard InChI is InChI=1S/C16H20ClN3OS/c1-19-9-3-4-10(19)6-11(5-9)22-15-8-14-13(7-12(15)17)18-16(21)20(14)2/h7-11H,3-6H2,1-2H3,(H,18,21). The molecule has 2 aliphatic rings. The second kappa shape index (κ2) is 5.32. The lowest BCUT2D eigenvalue weighted by molar-refractivity contribution is 0.183. The van der Waals surface area contributed by atoms with Crippen LogP contribution in [0.1, 0.15) is 25.7 Å². The maximum atomic E-state index is 11.7. The monoisotopic (exact) mass is 337 g/mol. The molecular weight excluding hydrogens is 318 g/mol. The first-order valence-corrected chi connectivity index (χ1v) is 9.05. The molecule has 0 saturated carbocycles. The van der Waals surface area contributed by atoms with Crippen LogP contribution in [0.3, 0.4) is 0 Å². The number of thioether (sulfide) groups is 1. The van der Waals surface area contributed by atoms with E-state index in [2.05, 4.69) is 23.0 Å². The Bertz CT molecular complexity index is 770. The first-order valence-electron chi connectivity index (χ1n) is 7.80. The fourth-order valence-corrected chi connectivity index (χ4v) is 5.60. The van der Waals surface area contributed by atoms with Gasteiger partial charge < -0.3 is 9.88 Å². The topological polar surface area (TPSA) is 41.0 Å². The number of nitrogens with one attached hydrogen (secondary N) is 1. The number of benzene rings is 1. The molecule has 4 nitrogen and oxygen atoms in total. The van der Waals surface area contributed by atoms with Crippen LogP contribution in [-0.4, -0.2) is 38.8 Å². The molecule has 1 N–H and O–H groups in total. The molecule has 2 bridgehead atoms. The minimum atomic E-state index is -0.0921. The molecule has 118 valence electrons. The number of H-pyrrole nitrogens is 1. The largest absolute Gasteiger partial charge is 0.326 e. The summed E-state index contributed by atoms with van der Waals surface area (Å²) in [6.07, 6.45) is 5.13. The number of rotatable bonds is 2. The zero-order valence-electron chi connectivity index (χ0n) is 12.8. The Labute approximate surface area is 138 Å². The van der Waals surface area contributed by atoms with Crippen LogP contribution < -0.4 is 5.69 Å². The smallest absolute Gasteiger partial charge is 0.305 e. The van der Waals surface area contributed by atoms with Crippen LogP contribution in [0.25, 0.3) is 11.0 Å². The van der Waals surface area contributed by atoms with Crippen molar-refractivity contribution in [3.63, 3.8) is 0 Å². The molecule has 1 aromatic heterocycles. The second-order valence-electron chi connectivity index (χ2n) is 6.55. The molecule has 3 heterocycles. The predicted octanol–water partition coefficient (Wildman–Crippen LogP) is 3.24. The first-order chi connectivity index (χ1) is 10.5. The third kappa shape index (κ3) is 2.30. The normalized spacial score (nSPS) is 28.6. The van der Waals surface area contributed by atoms with Crippen molar-refractivity contribution in [3.8, 4) is 0 Å². The molecule has 0 radical (unpaired) electrons. The summed E-state index contributed by atoms with van der Waals surface area (Å²) in [7, 11) is 4.05. The summed E-state index contributed by atoms with van der Waals surface area (Å²) in [6.45, 7) is 0. The highest BCUT2D eigenvalue weighted by molar-refractivity contribution is 8.00. The van der Waals surface area contributed by atoms with Crippen LogP contribution in [0, 0.1) is 0 Å². The minimum Gasteiger partial charge on any atom is -0.305 e. The van der Waals surface area contributed by atoms with Crippen molar-refractivity contribution < 1.29 is 0 Å². The minimum absolute atomic E-state index is 0.0921. The van der Waals surface area contributed by atoms with E-state index in [4.69, 9.17) is 11.6 Å². The summed E-state index contributed by atoms with van der Waals surface area (Å²) in [4.78, 5) is 18.2. The van der Waals surface area contributed by atoms with E-state index in [9.17, 15) is 4.79 Å². The number of aromatic amines is 1. The molecule has 2 aromatic rings. The van der Waals surface area contributed by atoms with Crippen LogP contribution >= 0.6 is 23.4 Å². The van der Waals surface area contributed by atoms with Gasteiger partial charge >= 0.3 is 5.69 Å². The summed E-state index contributed by atoms with van der Waals surface area (Å²) < 4.78 is 1.65. The quantitative estimate of drug-likeness (QED) is 0.914. The summed E-state index contributed by atoms with van der Waals surface area (Å²) in [6, 6.07) is 5.40. The number of aromatic nitrogens is 2. The molecule has 22 heavy (non-hydrogen) atoms. The Morgan fingerprint density at radius 1 is 1.23 bits per heavy atom. The molecule has 0 spiro atoms. The Hall–Kier alpha value is -0.910. The average molecular weight is 338 g/mol. The first kappa shape index (κ1) is 14.7. The molecule has 2 aliphatic heterocycles. The number of piperidine rings is 1. The average Bonchev–Trinajstić information content (AvgIpc) is 2.85. The fourth-order valence-electron chi connectivity index (χ4n) is 3.96. The van der Waals surface area contributed by atoms with Gasteiger partial charge in [-0.2, -0.15) is 0 Å². The molecule has 0 amide bonds. The summed E-state index contributed by atoms with van der Waals surface area (Å²) in [5.41, 5.74) is 1.64. The molecule has 2 fully saturated rings. The highest BCUT2D eigenvalue weighted by Crippen LogP contribution is 2.43. The van der Waals surface area contributed by atoms with Crippen LogP contribution in [0.15, 0.2) is 21.8 Å². The van der Waals surface area contributed by atoms with Crippen molar-refractivity contribution in [3.05, 3.63) is 27.6 Å². The van der Waals surface area contributed by atoms with Crippen molar-refractivity contribution in [2.24, 2.45) is 7.05 Å². The molecule has 0 aliphatic carbocycles. The number of imidazole rings is 1. The van der Waals surface area contributed by atoms with Gasteiger partial charge in [-0.25, -0.2) is 4.79 Å². The predicted molar refractivity (Wildman–Crippen MR) is 92.0 cm³/mol. The van der Waals surface area contributed by atoms with Gasteiger partial charge in [-0.15, -0.1) is 11.8 Å². The number of halogens is 1. The Kier molecular flexibility index (Phi) is 3.55. The number of hydrogen-bond acceptors (Lipinski definition) is 3. The summed E-state index contributed by atoms with van der Waals surface area (Å²) in [5, 5.41) is 1.37. The van der Waals surface area contributed by atoms with Gasteiger partial charge in [0, 0.05) is 29.3 Å². The lowest BCUT2D eigenvalue weighted by atomic mass is 10.0. The van der Waals surface area contributed by atoms with E-state index < -0.39 is 0 Å². The van der Waals surface area contributed by atoms with E-state index >= 15 is 0 Å². The summed E-state index contributed by atoms with van der Waals surface area (Å²) in [5.74, 6) is 0. The van der Waals surface area contributed by atoms with Crippen LogP contribution in [0.2, 0.25) is 5.02 Å². The number of fused-ring (bicyclic) bond motifs is 3. The van der Waals surface area contributed by atoms with Gasteiger partial charge in [0.2, 0.25) is 0 Å². The van der Waals surface area contributed by atoms with Gasteiger partial charge in [-0.1, -0.05) is 11.6 Å². The van der Waals surface area contributed by atoms with Gasteiger partial charge in [-0.3, -0.25) is 4.57 Å². The Morgan fingerprint density at radius 3 is 2.59 bits per heavy atom. The van der Waals surface area contributed by atoms with Crippen molar-refractivity contribution in [2.75, 3.05) is 7.05 Å². The van der Waals surface area contributed by atoms with Crippen molar-refractivity contribution in [1.29, 1.82) is 0 Å². The van der Waals surface area contributed by atoms with Crippen molar-refractivity contribution in [1.82, 2.24) is 14.5 Å². The molecule has 2 unspecified atom stereocenters. The van der Waals surface area contributed by atoms with E-state index in [0.717, 1.165) is 33.0 Å². The maximum absolute atomic E-state index is 11.7. The molecule has 2 atom stereocenters.